The van der Waals surface area contributed by atoms with Crippen molar-refractivity contribution < 1.29 is 40.2 Å². The van der Waals surface area contributed by atoms with Gasteiger partial charge in [-0.05, 0) is 60.2 Å². The zero-order chi connectivity index (χ0) is 24.1. The first kappa shape index (κ1) is 22.9. The van der Waals surface area contributed by atoms with Crippen molar-refractivity contribution in [2.75, 3.05) is 0 Å². The number of aromatic nitrogens is 1. The lowest BCUT2D eigenvalue weighted by atomic mass is 10.1. The third-order valence-electron chi connectivity index (χ3n) is 4.61. The van der Waals surface area contributed by atoms with Gasteiger partial charge in [-0.15, -0.1) is 13.2 Å². The highest BCUT2D eigenvalue weighted by Gasteiger charge is 2.32. The zero-order valence-electron chi connectivity index (χ0n) is 16.1. The molecule has 1 aromatic heterocycles. The second kappa shape index (κ2) is 7.92. The first-order chi connectivity index (χ1) is 15.4. The molecule has 0 aliphatic heterocycles. The normalized spacial score (nSPS) is 12.3. The van der Waals surface area contributed by atoms with Crippen LogP contribution in [0.25, 0.3) is 22.2 Å². The molecule has 172 valence electrons. The molecule has 1 heterocycles. The van der Waals surface area contributed by atoms with E-state index in [0.29, 0.717) is 21.5 Å². The fraction of sp³-hybridized carbons (Fsp3) is 0.0476. The molecule has 12 heteroatoms. The number of benzene rings is 3. The molecule has 0 unspecified atom stereocenters. The Morgan fingerprint density at radius 1 is 0.939 bits per heavy atom. The van der Waals surface area contributed by atoms with E-state index in [4.69, 9.17) is 11.6 Å². The third-order valence-corrected chi connectivity index (χ3v) is 6.59. The van der Waals surface area contributed by atoms with Crippen LogP contribution in [0, 0.1) is 11.6 Å². The lowest BCUT2D eigenvalue weighted by Crippen LogP contribution is -2.17. The molecule has 0 saturated heterocycles. The van der Waals surface area contributed by atoms with Gasteiger partial charge in [-0.3, -0.25) is 0 Å². The van der Waals surface area contributed by atoms with Gasteiger partial charge in [0.1, 0.15) is 16.5 Å². The molecule has 4 aromatic rings. The molecule has 0 saturated carbocycles. The van der Waals surface area contributed by atoms with Crippen LogP contribution >= 0.6 is 11.6 Å². The Balaban J connectivity index is 1.97. The van der Waals surface area contributed by atoms with Crippen LogP contribution in [0.15, 0.2) is 65.6 Å². The number of phenols is 1. The molecule has 4 rings (SSSR count). The molecule has 0 radical (unpaired) electrons. The highest BCUT2D eigenvalue weighted by molar-refractivity contribution is 7.90. The molecule has 3 aromatic carbocycles. The fourth-order valence-corrected chi connectivity index (χ4v) is 5.11. The number of alkyl halides is 3. The van der Waals surface area contributed by atoms with Gasteiger partial charge in [-0.1, -0.05) is 11.6 Å². The standard InChI is InChI=1S/C21H11ClF5NO4S/c22-13-3-6-17-12(7-13)8-18(11-1-4-15(5-2-11)32-21(25,26)27)28(17)33(30,31)19-10-14(23)9-16(24)20(19)29/h1-10,29H. The van der Waals surface area contributed by atoms with Crippen LogP contribution in [0.3, 0.4) is 0 Å². The number of hydrogen-bond acceptors (Lipinski definition) is 4. The summed E-state index contributed by atoms with van der Waals surface area (Å²) < 4.78 is 96.4. The van der Waals surface area contributed by atoms with Crippen molar-refractivity contribution >= 4 is 32.5 Å². The first-order valence-electron chi connectivity index (χ1n) is 8.97. The molecule has 33 heavy (non-hydrogen) atoms. The summed E-state index contributed by atoms with van der Waals surface area (Å²) in [6, 6.07) is 10.6. The number of ether oxygens (including phenoxy) is 1. The second-order valence-corrected chi connectivity index (χ2v) is 9.00. The van der Waals surface area contributed by atoms with Crippen molar-refractivity contribution in [3.8, 4) is 22.8 Å². The SMILES string of the molecule is O=S(=O)(c1cc(F)cc(F)c1O)n1c(-c2ccc(OC(F)(F)F)cc2)cc2cc(Cl)ccc21. The van der Waals surface area contributed by atoms with Crippen LogP contribution in [-0.2, 0) is 10.0 Å². The van der Waals surface area contributed by atoms with Crippen LogP contribution in [0.1, 0.15) is 0 Å². The van der Waals surface area contributed by atoms with E-state index in [1.165, 1.54) is 36.4 Å². The highest BCUT2D eigenvalue weighted by Crippen LogP contribution is 2.37. The van der Waals surface area contributed by atoms with E-state index in [2.05, 4.69) is 4.74 Å². The predicted octanol–water partition coefficient (Wildman–Crippen LogP) is 6.08. The maximum Gasteiger partial charge on any atom is 0.573 e. The number of fused-ring (bicyclic) bond motifs is 1. The van der Waals surface area contributed by atoms with Gasteiger partial charge >= 0.3 is 6.36 Å². The minimum atomic E-state index is -4.92. The van der Waals surface area contributed by atoms with Gasteiger partial charge in [0.25, 0.3) is 10.0 Å². The van der Waals surface area contributed by atoms with Crippen LogP contribution in [0.2, 0.25) is 5.02 Å². The number of halogens is 6. The molecular weight excluding hydrogens is 493 g/mol. The summed E-state index contributed by atoms with van der Waals surface area (Å²) in [5.74, 6) is -4.54. The van der Waals surface area contributed by atoms with Crippen molar-refractivity contribution in [1.29, 1.82) is 0 Å². The van der Waals surface area contributed by atoms with Gasteiger partial charge in [-0.25, -0.2) is 21.2 Å². The predicted molar refractivity (Wildman–Crippen MR) is 110 cm³/mol. The Morgan fingerprint density at radius 2 is 1.61 bits per heavy atom. The fourth-order valence-electron chi connectivity index (χ4n) is 3.29. The smallest absolute Gasteiger partial charge is 0.504 e. The molecule has 0 fully saturated rings. The van der Waals surface area contributed by atoms with Crippen molar-refractivity contribution in [3.05, 3.63) is 77.3 Å². The molecule has 0 amide bonds. The van der Waals surface area contributed by atoms with E-state index in [1.54, 1.807) is 0 Å². The van der Waals surface area contributed by atoms with Crippen LogP contribution < -0.4 is 4.74 Å². The zero-order valence-corrected chi connectivity index (χ0v) is 17.6. The maximum absolute atomic E-state index is 13.9. The number of rotatable bonds is 4. The van der Waals surface area contributed by atoms with Crippen LogP contribution in [-0.4, -0.2) is 23.9 Å². The molecule has 5 nitrogen and oxygen atoms in total. The van der Waals surface area contributed by atoms with E-state index in [-0.39, 0.29) is 21.8 Å². The Hall–Kier alpha value is -3.31. The average Bonchev–Trinajstić information content (AvgIpc) is 3.09. The quantitative estimate of drug-likeness (QED) is 0.343. The molecule has 0 aliphatic rings. The molecule has 0 bridgehead atoms. The Morgan fingerprint density at radius 3 is 2.24 bits per heavy atom. The number of phenolic OH excluding ortho intramolecular Hbond substituents is 1. The van der Waals surface area contributed by atoms with Crippen LogP contribution in [0.5, 0.6) is 11.5 Å². The number of nitrogens with zero attached hydrogens (tertiary/aromatic N) is 1. The average molecular weight is 504 g/mol. The maximum atomic E-state index is 13.9. The summed E-state index contributed by atoms with van der Waals surface area (Å²) in [5.41, 5.74) is 0.126. The van der Waals surface area contributed by atoms with Crippen molar-refractivity contribution in [3.63, 3.8) is 0 Å². The lowest BCUT2D eigenvalue weighted by Gasteiger charge is -2.14. The van der Waals surface area contributed by atoms with E-state index >= 15 is 0 Å². The van der Waals surface area contributed by atoms with Gasteiger partial charge in [0.15, 0.2) is 11.6 Å². The molecule has 0 aliphatic carbocycles. The Bertz CT molecular complexity index is 1480. The second-order valence-electron chi connectivity index (χ2n) is 6.81. The summed E-state index contributed by atoms with van der Waals surface area (Å²) in [6.45, 7) is 0. The largest absolute Gasteiger partial charge is 0.573 e. The minimum Gasteiger partial charge on any atom is -0.504 e. The van der Waals surface area contributed by atoms with E-state index in [0.717, 1.165) is 12.1 Å². The molecule has 0 atom stereocenters. The van der Waals surface area contributed by atoms with Gasteiger partial charge < -0.3 is 9.84 Å². The van der Waals surface area contributed by atoms with E-state index in [1.807, 2.05) is 0 Å². The van der Waals surface area contributed by atoms with Gasteiger partial charge in [-0.2, -0.15) is 0 Å². The number of aromatic hydroxyl groups is 1. The van der Waals surface area contributed by atoms with Gasteiger partial charge in [0, 0.05) is 16.5 Å². The number of hydrogen-bond donors (Lipinski definition) is 1. The van der Waals surface area contributed by atoms with Crippen LogP contribution in [0.4, 0.5) is 22.0 Å². The highest BCUT2D eigenvalue weighted by atomic mass is 35.5. The summed E-state index contributed by atoms with van der Waals surface area (Å²) >= 11 is 5.99. The van der Waals surface area contributed by atoms with Gasteiger partial charge in [0.05, 0.1) is 11.2 Å². The first-order valence-corrected chi connectivity index (χ1v) is 10.8. The lowest BCUT2D eigenvalue weighted by molar-refractivity contribution is -0.274. The molecule has 1 N–H and O–H groups in total. The molecular formula is C21H11ClF5NO4S. The van der Waals surface area contributed by atoms with Crippen molar-refractivity contribution in [1.82, 2.24) is 3.97 Å². The summed E-state index contributed by atoms with van der Waals surface area (Å²) in [7, 11) is -4.80. The van der Waals surface area contributed by atoms with Crippen molar-refractivity contribution in [2.45, 2.75) is 11.3 Å². The monoisotopic (exact) mass is 503 g/mol. The Labute approximate surface area is 188 Å². The summed E-state index contributed by atoms with van der Waals surface area (Å²) in [5, 5.41) is 10.6. The third kappa shape index (κ3) is 4.33. The van der Waals surface area contributed by atoms with E-state index in [9.17, 15) is 35.5 Å². The minimum absolute atomic E-state index is 0.0501. The van der Waals surface area contributed by atoms with Crippen molar-refractivity contribution in [2.24, 2.45) is 0 Å². The van der Waals surface area contributed by atoms with Gasteiger partial charge in [0.2, 0.25) is 0 Å². The molecule has 0 spiro atoms. The summed E-state index contributed by atoms with van der Waals surface area (Å²) in [6.07, 6.45) is -4.92. The van der Waals surface area contributed by atoms with E-state index < -0.39 is 44.4 Å². The summed E-state index contributed by atoms with van der Waals surface area (Å²) in [4.78, 5) is -1.04. The topological polar surface area (TPSA) is 68.5 Å². The Kier molecular flexibility index (Phi) is 5.49.